The van der Waals surface area contributed by atoms with Crippen LogP contribution in [0.25, 0.3) is 0 Å². The maximum absolute atomic E-state index is 6.18. The molecular formula is C20H18O6. The van der Waals surface area contributed by atoms with Crippen molar-refractivity contribution in [3.05, 3.63) is 47.5 Å². The van der Waals surface area contributed by atoms with Gasteiger partial charge in [-0.25, -0.2) is 0 Å². The minimum Gasteiger partial charge on any atom is -0.454 e. The molecule has 0 bridgehead atoms. The van der Waals surface area contributed by atoms with Crippen molar-refractivity contribution >= 4 is 0 Å². The molecule has 26 heavy (non-hydrogen) atoms. The first-order valence-corrected chi connectivity index (χ1v) is 8.89. The van der Waals surface area contributed by atoms with Gasteiger partial charge in [0.25, 0.3) is 0 Å². The van der Waals surface area contributed by atoms with E-state index in [0.29, 0.717) is 25.0 Å². The molecule has 0 aliphatic carbocycles. The third-order valence-electron chi connectivity index (χ3n) is 5.71. The van der Waals surface area contributed by atoms with Gasteiger partial charge in [-0.3, -0.25) is 0 Å². The van der Waals surface area contributed by atoms with Crippen LogP contribution in [0.4, 0.5) is 0 Å². The van der Waals surface area contributed by atoms with Crippen molar-refractivity contribution < 1.29 is 28.4 Å². The Bertz CT molecular complexity index is 794. The molecular weight excluding hydrogens is 336 g/mol. The van der Waals surface area contributed by atoms with E-state index in [4.69, 9.17) is 28.4 Å². The van der Waals surface area contributed by atoms with Gasteiger partial charge >= 0.3 is 0 Å². The Morgan fingerprint density at radius 1 is 0.577 bits per heavy atom. The summed E-state index contributed by atoms with van der Waals surface area (Å²) in [5.41, 5.74) is 2.24. The van der Waals surface area contributed by atoms with Crippen molar-refractivity contribution in [2.45, 2.75) is 12.2 Å². The van der Waals surface area contributed by atoms with Crippen molar-refractivity contribution in [2.24, 2.45) is 11.8 Å². The van der Waals surface area contributed by atoms with Gasteiger partial charge in [-0.2, -0.15) is 0 Å². The highest BCUT2D eigenvalue weighted by Gasteiger charge is 2.48. The molecule has 6 nitrogen and oxygen atoms in total. The second kappa shape index (κ2) is 5.53. The van der Waals surface area contributed by atoms with Gasteiger partial charge in [-0.15, -0.1) is 0 Å². The monoisotopic (exact) mass is 354 g/mol. The quantitative estimate of drug-likeness (QED) is 0.825. The van der Waals surface area contributed by atoms with Gasteiger partial charge < -0.3 is 28.4 Å². The van der Waals surface area contributed by atoms with Crippen molar-refractivity contribution in [3.63, 3.8) is 0 Å². The second-order valence-electron chi connectivity index (χ2n) is 7.06. The van der Waals surface area contributed by atoms with Crippen molar-refractivity contribution in [1.29, 1.82) is 0 Å². The number of fused-ring (bicyclic) bond motifs is 3. The van der Waals surface area contributed by atoms with Crippen molar-refractivity contribution in [1.82, 2.24) is 0 Å². The Kier molecular flexibility index (Phi) is 3.12. The van der Waals surface area contributed by atoms with E-state index in [1.165, 1.54) is 0 Å². The van der Waals surface area contributed by atoms with E-state index in [1.54, 1.807) is 0 Å². The zero-order valence-electron chi connectivity index (χ0n) is 14.1. The van der Waals surface area contributed by atoms with E-state index in [0.717, 1.165) is 34.1 Å². The van der Waals surface area contributed by atoms with Crippen LogP contribution in [0.15, 0.2) is 36.4 Å². The summed E-state index contributed by atoms with van der Waals surface area (Å²) >= 11 is 0. The summed E-state index contributed by atoms with van der Waals surface area (Å²) in [6.07, 6.45) is 0.0435. The Morgan fingerprint density at radius 3 is 1.54 bits per heavy atom. The lowest BCUT2D eigenvalue weighted by atomic mass is 9.85. The predicted molar refractivity (Wildman–Crippen MR) is 89.5 cm³/mol. The van der Waals surface area contributed by atoms with Crippen LogP contribution in [0.2, 0.25) is 0 Å². The van der Waals surface area contributed by atoms with Crippen LogP contribution in [-0.2, 0) is 9.47 Å². The highest BCUT2D eigenvalue weighted by atomic mass is 16.7. The van der Waals surface area contributed by atoms with Gasteiger partial charge in [-0.05, 0) is 35.4 Å². The normalized spacial score (nSPS) is 30.6. The molecule has 2 unspecified atom stereocenters. The van der Waals surface area contributed by atoms with Crippen LogP contribution in [0.1, 0.15) is 23.3 Å². The molecule has 4 aliphatic rings. The fraction of sp³-hybridized carbons (Fsp3) is 0.400. The molecule has 2 aromatic rings. The van der Waals surface area contributed by atoms with Gasteiger partial charge in [0.2, 0.25) is 13.6 Å². The van der Waals surface area contributed by atoms with Crippen molar-refractivity contribution in [3.8, 4) is 23.0 Å². The van der Waals surface area contributed by atoms with Crippen LogP contribution in [0, 0.1) is 11.8 Å². The Morgan fingerprint density at radius 2 is 1.04 bits per heavy atom. The van der Waals surface area contributed by atoms with E-state index in [9.17, 15) is 0 Å². The minimum absolute atomic E-state index is 0.0218. The zero-order chi connectivity index (χ0) is 17.1. The maximum atomic E-state index is 6.18. The van der Waals surface area contributed by atoms with Crippen LogP contribution in [0.3, 0.4) is 0 Å². The molecule has 0 saturated carbocycles. The first kappa shape index (κ1) is 14.7. The fourth-order valence-corrected chi connectivity index (χ4v) is 4.41. The van der Waals surface area contributed by atoms with Crippen molar-refractivity contribution in [2.75, 3.05) is 26.8 Å². The Balaban J connectivity index is 1.27. The van der Waals surface area contributed by atoms with Crippen LogP contribution in [0.5, 0.6) is 23.0 Å². The fourth-order valence-electron chi connectivity index (χ4n) is 4.41. The summed E-state index contributed by atoms with van der Waals surface area (Å²) in [5, 5.41) is 0. The highest BCUT2D eigenvalue weighted by molar-refractivity contribution is 5.46. The Hall–Kier alpha value is -2.44. The van der Waals surface area contributed by atoms with Gasteiger partial charge in [-0.1, -0.05) is 12.1 Å². The molecule has 0 N–H and O–H groups in total. The van der Waals surface area contributed by atoms with Crippen LogP contribution >= 0.6 is 0 Å². The summed E-state index contributed by atoms with van der Waals surface area (Å²) < 4.78 is 34.2. The Labute approximate surface area is 150 Å². The number of rotatable bonds is 2. The first-order valence-electron chi connectivity index (χ1n) is 8.89. The average molecular weight is 354 g/mol. The summed E-state index contributed by atoms with van der Waals surface area (Å²) in [6, 6.07) is 12.1. The largest absolute Gasteiger partial charge is 0.454 e. The third-order valence-corrected chi connectivity index (χ3v) is 5.71. The molecule has 4 heterocycles. The lowest BCUT2D eigenvalue weighted by Crippen LogP contribution is -2.14. The van der Waals surface area contributed by atoms with E-state index in [-0.39, 0.29) is 25.8 Å². The number of ether oxygens (including phenoxy) is 6. The predicted octanol–water partition coefficient (Wildman–Crippen LogP) is 3.22. The molecule has 2 fully saturated rings. The molecule has 134 valence electrons. The minimum atomic E-state index is 0.0218. The molecule has 2 saturated heterocycles. The molecule has 4 aliphatic heterocycles. The van der Waals surface area contributed by atoms with Crippen LogP contribution in [-0.4, -0.2) is 26.8 Å². The van der Waals surface area contributed by atoms with Gasteiger partial charge in [0.05, 0.1) is 25.4 Å². The van der Waals surface area contributed by atoms with E-state index < -0.39 is 0 Å². The van der Waals surface area contributed by atoms with Gasteiger partial charge in [0.1, 0.15) is 0 Å². The zero-order valence-corrected chi connectivity index (χ0v) is 14.1. The van der Waals surface area contributed by atoms with Gasteiger partial charge in [0.15, 0.2) is 23.0 Å². The molecule has 0 amide bonds. The average Bonchev–Trinajstić information content (AvgIpc) is 3.42. The maximum Gasteiger partial charge on any atom is 0.231 e. The number of benzene rings is 2. The molecule has 6 heteroatoms. The topological polar surface area (TPSA) is 55.4 Å². The lowest BCUT2D eigenvalue weighted by molar-refractivity contribution is 0.0192. The summed E-state index contributed by atoms with van der Waals surface area (Å²) in [4.78, 5) is 0. The summed E-state index contributed by atoms with van der Waals surface area (Å²) in [7, 11) is 0. The molecule has 6 rings (SSSR count). The van der Waals surface area contributed by atoms with E-state index in [1.807, 2.05) is 24.3 Å². The molecule has 4 atom stereocenters. The smallest absolute Gasteiger partial charge is 0.231 e. The standard InChI is InChI=1S/C20H18O6/c1-3-15-17(25-9-23-15)5-11(1)19-13-7-22-20(14(13)8-21-19)12-2-4-16-18(6-12)26-10-24-16/h1-6,13-14,19-20H,7-10H2/t13?,14?,19-,20+. The summed E-state index contributed by atoms with van der Waals surface area (Å²) in [5.74, 6) is 3.83. The second-order valence-corrected chi connectivity index (χ2v) is 7.06. The lowest BCUT2D eigenvalue weighted by Gasteiger charge is -2.17. The highest BCUT2D eigenvalue weighted by Crippen LogP contribution is 2.52. The SMILES string of the molecule is c1cc2c(cc1[C@H]1OCC3C1CO[C@H]3c1ccc3c(c1)OCO3)OCO2. The van der Waals surface area contributed by atoms with E-state index >= 15 is 0 Å². The first-order chi connectivity index (χ1) is 12.9. The molecule has 0 aromatic heterocycles. The van der Waals surface area contributed by atoms with E-state index in [2.05, 4.69) is 12.1 Å². The number of hydrogen-bond acceptors (Lipinski definition) is 6. The molecule has 0 spiro atoms. The molecule has 2 aromatic carbocycles. The van der Waals surface area contributed by atoms with Crippen LogP contribution < -0.4 is 18.9 Å². The summed E-state index contributed by atoms with van der Waals surface area (Å²) in [6.45, 7) is 1.93. The number of hydrogen-bond donors (Lipinski definition) is 0. The molecule has 0 radical (unpaired) electrons. The van der Waals surface area contributed by atoms with Gasteiger partial charge in [0, 0.05) is 11.8 Å². The third kappa shape index (κ3) is 2.12.